The van der Waals surface area contributed by atoms with E-state index in [9.17, 15) is 9.18 Å². The fourth-order valence-corrected chi connectivity index (χ4v) is 1.88. The number of hydrogen-bond acceptors (Lipinski definition) is 2. The topological polar surface area (TPSA) is 67.2 Å². The summed E-state index contributed by atoms with van der Waals surface area (Å²) in [6, 6.07) is 11.0. The Hall–Kier alpha value is -2.40. The molecule has 21 heavy (non-hydrogen) atoms. The van der Waals surface area contributed by atoms with Crippen LogP contribution < -0.4 is 16.4 Å². The Labute approximate surface area is 123 Å². The molecule has 0 aliphatic heterocycles. The van der Waals surface area contributed by atoms with Gasteiger partial charge in [-0.05, 0) is 49.2 Å². The second kappa shape index (κ2) is 6.37. The van der Waals surface area contributed by atoms with Crippen LogP contribution in [-0.2, 0) is 0 Å². The molecule has 0 aliphatic carbocycles. The zero-order valence-corrected chi connectivity index (χ0v) is 12.0. The van der Waals surface area contributed by atoms with Crippen molar-refractivity contribution < 1.29 is 9.18 Å². The van der Waals surface area contributed by atoms with Crippen LogP contribution >= 0.6 is 0 Å². The molecule has 0 heterocycles. The predicted molar refractivity (Wildman–Crippen MR) is 82.8 cm³/mol. The summed E-state index contributed by atoms with van der Waals surface area (Å²) in [5.41, 5.74) is 8.63. The summed E-state index contributed by atoms with van der Waals surface area (Å²) in [7, 11) is 0. The van der Waals surface area contributed by atoms with E-state index in [1.165, 1.54) is 12.1 Å². The zero-order valence-electron chi connectivity index (χ0n) is 12.0. The van der Waals surface area contributed by atoms with E-state index in [0.717, 1.165) is 11.1 Å². The molecular formula is C16H18FN3O. The van der Waals surface area contributed by atoms with Crippen LogP contribution in [0.1, 0.15) is 24.1 Å². The monoisotopic (exact) mass is 287 g/mol. The molecule has 5 heteroatoms. The molecule has 2 aromatic carbocycles. The zero-order chi connectivity index (χ0) is 15.4. The summed E-state index contributed by atoms with van der Waals surface area (Å²) in [6.45, 7) is 3.69. The maximum Gasteiger partial charge on any atom is 0.323 e. The number of benzene rings is 2. The lowest BCUT2D eigenvalue weighted by Gasteiger charge is -2.11. The van der Waals surface area contributed by atoms with Gasteiger partial charge in [0, 0.05) is 17.4 Å². The average molecular weight is 287 g/mol. The van der Waals surface area contributed by atoms with Crippen molar-refractivity contribution in [3.05, 3.63) is 59.4 Å². The SMILES string of the molecule is Cc1ccc(F)cc1NC(=O)Nc1ccc(C(C)N)cc1. The minimum atomic E-state index is -0.419. The molecule has 0 saturated carbocycles. The van der Waals surface area contributed by atoms with E-state index in [4.69, 9.17) is 5.73 Å². The van der Waals surface area contributed by atoms with Gasteiger partial charge >= 0.3 is 6.03 Å². The number of hydrogen-bond donors (Lipinski definition) is 3. The third kappa shape index (κ3) is 4.03. The van der Waals surface area contributed by atoms with Crippen LogP contribution in [0, 0.1) is 12.7 Å². The minimum absolute atomic E-state index is 0.0529. The van der Waals surface area contributed by atoms with E-state index in [1.54, 1.807) is 25.1 Å². The summed E-state index contributed by atoms with van der Waals surface area (Å²) in [5, 5.41) is 5.31. The maximum atomic E-state index is 13.2. The van der Waals surface area contributed by atoms with Crippen molar-refractivity contribution in [2.24, 2.45) is 5.73 Å². The van der Waals surface area contributed by atoms with Gasteiger partial charge in [-0.15, -0.1) is 0 Å². The average Bonchev–Trinajstić information content (AvgIpc) is 2.43. The van der Waals surface area contributed by atoms with Crippen molar-refractivity contribution in [3.63, 3.8) is 0 Å². The second-order valence-electron chi connectivity index (χ2n) is 4.95. The summed E-state index contributed by atoms with van der Waals surface area (Å²) in [4.78, 5) is 11.9. The van der Waals surface area contributed by atoms with E-state index >= 15 is 0 Å². The van der Waals surface area contributed by atoms with Gasteiger partial charge in [0.2, 0.25) is 0 Å². The Bertz CT molecular complexity index is 638. The molecule has 0 bridgehead atoms. The van der Waals surface area contributed by atoms with Gasteiger partial charge in [-0.25, -0.2) is 9.18 Å². The lowest BCUT2D eigenvalue weighted by Crippen LogP contribution is -2.20. The van der Waals surface area contributed by atoms with E-state index in [0.29, 0.717) is 11.4 Å². The van der Waals surface area contributed by atoms with Crippen molar-refractivity contribution in [2.45, 2.75) is 19.9 Å². The Balaban J connectivity index is 2.03. The highest BCUT2D eigenvalue weighted by Gasteiger charge is 2.06. The first-order valence-corrected chi connectivity index (χ1v) is 6.65. The Morgan fingerprint density at radius 3 is 2.43 bits per heavy atom. The summed E-state index contributed by atoms with van der Waals surface area (Å²) >= 11 is 0. The van der Waals surface area contributed by atoms with E-state index in [-0.39, 0.29) is 6.04 Å². The highest BCUT2D eigenvalue weighted by molar-refractivity contribution is 6.00. The standard InChI is InChI=1S/C16H18FN3O/c1-10-3-6-13(17)9-15(10)20-16(21)19-14-7-4-12(5-8-14)11(2)18/h3-9,11H,18H2,1-2H3,(H2,19,20,21). The minimum Gasteiger partial charge on any atom is -0.324 e. The molecule has 0 saturated heterocycles. The van der Waals surface area contributed by atoms with E-state index in [1.807, 2.05) is 19.1 Å². The van der Waals surface area contributed by atoms with Crippen molar-refractivity contribution >= 4 is 17.4 Å². The van der Waals surface area contributed by atoms with Gasteiger partial charge in [-0.1, -0.05) is 18.2 Å². The molecular weight excluding hydrogens is 269 g/mol. The third-order valence-electron chi connectivity index (χ3n) is 3.14. The number of anilines is 2. The van der Waals surface area contributed by atoms with Crippen LogP contribution in [0.2, 0.25) is 0 Å². The number of nitrogens with one attached hydrogen (secondary N) is 2. The van der Waals surface area contributed by atoms with Crippen LogP contribution in [0.15, 0.2) is 42.5 Å². The maximum absolute atomic E-state index is 13.2. The highest BCUT2D eigenvalue weighted by atomic mass is 19.1. The summed E-state index contributed by atoms with van der Waals surface area (Å²) < 4.78 is 13.2. The Kier molecular flexibility index (Phi) is 4.55. The first-order chi connectivity index (χ1) is 9.95. The molecule has 110 valence electrons. The molecule has 0 fully saturated rings. The number of amides is 2. The van der Waals surface area contributed by atoms with Crippen LogP contribution in [-0.4, -0.2) is 6.03 Å². The molecule has 2 aromatic rings. The fraction of sp³-hybridized carbons (Fsp3) is 0.188. The molecule has 2 rings (SSSR count). The molecule has 0 spiro atoms. The lowest BCUT2D eigenvalue weighted by molar-refractivity contribution is 0.262. The van der Waals surface area contributed by atoms with Crippen molar-refractivity contribution in [3.8, 4) is 0 Å². The molecule has 4 N–H and O–H groups in total. The summed E-state index contributed by atoms with van der Waals surface area (Å²) in [6.07, 6.45) is 0. The third-order valence-corrected chi connectivity index (χ3v) is 3.14. The fourth-order valence-electron chi connectivity index (χ4n) is 1.88. The van der Waals surface area contributed by atoms with Crippen molar-refractivity contribution in [2.75, 3.05) is 10.6 Å². The van der Waals surface area contributed by atoms with Gasteiger partial charge in [0.05, 0.1) is 0 Å². The van der Waals surface area contributed by atoms with E-state index in [2.05, 4.69) is 10.6 Å². The van der Waals surface area contributed by atoms with E-state index < -0.39 is 11.8 Å². The smallest absolute Gasteiger partial charge is 0.323 e. The molecule has 4 nitrogen and oxygen atoms in total. The quantitative estimate of drug-likeness (QED) is 0.803. The van der Waals surface area contributed by atoms with Gasteiger partial charge in [0.25, 0.3) is 0 Å². The van der Waals surface area contributed by atoms with Crippen LogP contribution in [0.4, 0.5) is 20.6 Å². The van der Waals surface area contributed by atoms with Crippen molar-refractivity contribution in [1.29, 1.82) is 0 Å². The number of urea groups is 1. The van der Waals surface area contributed by atoms with Gasteiger partial charge in [0.1, 0.15) is 5.82 Å². The van der Waals surface area contributed by atoms with Gasteiger partial charge in [-0.2, -0.15) is 0 Å². The number of carbonyl (C=O) groups is 1. The number of halogens is 1. The van der Waals surface area contributed by atoms with Gasteiger partial charge < -0.3 is 16.4 Å². The van der Waals surface area contributed by atoms with Crippen molar-refractivity contribution in [1.82, 2.24) is 0 Å². The number of aryl methyl sites for hydroxylation is 1. The second-order valence-corrected chi connectivity index (χ2v) is 4.95. The molecule has 1 atom stereocenters. The normalized spacial score (nSPS) is 11.8. The number of nitrogens with two attached hydrogens (primary N) is 1. The molecule has 2 amide bonds. The number of carbonyl (C=O) groups excluding carboxylic acids is 1. The van der Waals surface area contributed by atoms with Crippen LogP contribution in [0.25, 0.3) is 0 Å². The molecule has 1 unspecified atom stereocenters. The molecule has 0 aromatic heterocycles. The first kappa shape index (κ1) is 15.0. The van der Waals surface area contributed by atoms with Crippen LogP contribution in [0.3, 0.4) is 0 Å². The largest absolute Gasteiger partial charge is 0.324 e. The van der Waals surface area contributed by atoms with Crippen LogP contribution in [0.5, 0.6) is 0 Å². The summed E-state index contributed by atoms with van der Waals surface area (Å²) in [5.74, 6) is -0.391. The Morgan fingerprint density at radius 2 is 1.81 bits per heavy atom. The Morgan fingerprint density at radius 1 is 1.14 bits per heavy atom. The molecule has 0 aliphatic rings. The number of rotatable bonds is 3. The van der Waals surface area contributed by atoms with Gasteiger partial charge in [-0.3, -0.25) is 0 Å². The van der Waals surface area contributed by atoms with Gasteiger partial charge in [0.15, 0.2) is 0 Å². The molecule has 0 radical (unpaired) electrons. The first-order valence-electron chi connectivity index (χ1n) is 6.65. The predicted octanol–water partition coefficient (Wildman–Crippen LogP) is 3.80. The lowest BCUT2D eigenvalue weighted by atomic mass is 10.1. The highest BCUT2D eigenvalue weighted by Crippen LogP contribution is 2.17.